The van der Waals surface area contributed by atoms with Crippen LogP contribution in [0.4, 0.5) is 8.78 Å². The average molecular weight is 153 g/mol. The van der Waals surface area contributed by atoms with Crippen LogP contribution in [0.5, 0.6) is 0 Å². The van der Waals surface area contributed by atoms with Gasteiger partial charge in [-0.15, -0.1) is 0 Å². The summed E-state index contributed by atoms with van der Waals surface area (Å²) in [7, 11) is 0. The van der Waals surface area contributed by atoms with Crippen molar-refractivity contribution in [3.8, 4) is 0 Å². The minimum atomic E-state index is -0.395. The van der Waals surface area contributed by atoms with Crippen LogP contribution in [0.15, 0.2) is 12.1 Å². The molecule has 0 saturated heterocycles. The van der Waals surface area contributed by atoms with E-state index in [0.717, 1.165) is 18.9 Å². The first kappa shape index (κ1) is 6.77. The number of rotatable bonds is 1. The zero-order valence-electron chi connectivity index (χ0n) is 5.90. The van der Waals surface area contributed by atoms with Gasteiger partial charge >= 0.3 is 0 Å². The molecule has 0 heterocycles. The van der Waals surface area contributed by atoms with Crippen molar-refractivity contribution in [2.24, 2.45) is 0 Å². The Morgan fingerprint density at radius 3 is 2.73 bits per heavy atom. The van der Waals surface area contributed by atoms with Crippen molar-refractivity contribution in [1.82, 2.24) is 0 Å². The van der Waals surface area contributed by atoms with Crippen LogP contribution in [-0.4, -0.2) is 0 Å². The van der Waals surface area contributed by atoms with Gasteiger partial charge in [0.2, 0.25) is 0 Å². The molecule has 0 aromatic heterocycles. The average Bonchev–Trinajstić information content (AvgIpc) is 2.76. The van der Waals surface area contributed by atoms with Gasteiger partial charge in [-0.1, -0.05) is 0 Å². The Morgan fingerprint density at radius 1 is 1.36 bits per heavy atom. The Bertz CT molecular complexity index is 277. The van der Waals surface area contributed by atoms with E-state index in [1.54, 1.807) is 0 Å². The molecule has 0 nitrogen and oxygen atoms in total. The molecule has 0 unspecified atom stereocenters. The van der Waals surface area contributed by atoms with Crippen molar-refractivity contribution in [1.29, 1.82) is 0 Å². The Morgan fingerprint density at radius 2 is 2.09 bits per heavy atom. The third-order valence-corrected chi connectivity index (χ3v) is 1.90. The normalized spacial score (nSPS) is 16.9. The van der Waals surface area contributed by atoms with Gasteiger partial charge in [0.15, 0.2) is 0 Å². The van der Waals surface area contributed by atoms with Crippen LogP contribution < -0.4 is 0 Å². The second kappa shape index (κ2) is 2.29. The lowest BCUT2D eigenvalue weighted by Gasteiger charge is -1.98. The van der Waals surface area contributed by atoms with E-state index < -0.39 is 11.6 Å². The van der Waals surface area contributed by atoms with Gasteiger partial charge in [-0.2, -0.15) is 0 Å². The quantitative estimate of drug-likeness (QED) is 0.581. The minimum Gasteiger partial charge on any atom is -0.207 e. The van der Waals surface area contributed by atoms with Crippen LogP contribution in [0.2, 0.25) is 0 Å². The molecule has 57 valence electrons. The maximum atomic E-state index is 12.8. The molecule has 1 saturated carbocycles. The smallest absolute Gasteiger partial charge is 0.134 e. The van der Waals surface area contributed by atoms with Crippen molar-refractivity contribution in [3.05, 3.63) is 35.4 Å². The Hall–Kier alpha value is -0.920. The molecule has 0 aliphatic heterocycles. The van der Waals surface area contributed by atoms with E-state index in [-0.39, 0.29) is 5.92 Å². The van der Waals surface area contributed by atoms with E-state index >= 15 is 0 Å². The highest BCUT2D eigenvalue weighted by Crippen LogP contribution is 2.41. The topological polar surface area (TPSA) is 0 Å². The molecule has 0 atom stereocenters. The van der Waals surface area contributed by atoms with E-state index in [0.29, 0.717) is 5.56 Å². The molecule has 1 aromatic carbocycles. The molecule has 2 rings (SSSR count). The van der Waals surface area contributed by atoms with Gasteiger partial charge in [0.05, 0.1) is 0 Å². The fraction of sp³-hybridized carbons (Fsp3) is 0.333. The first-order chi connectivity index (χ1) is 5.27. The van der Waals surface area contributed by atoms with Gasteiger partial charge in [0, 0.05) is 6.07 Å². The van der Waals surface area contributed by atoms with Crippen LogP contribution in [-0.2, 0) is 0 Å². The van der Waals surface area contributed by atoms with Gasteiger partial charge in [0.25, 0.3) is 0 Å². The summed E-state index contributed by atoms with van der Waals surface area (Å²) in [5, 5.41) is 0. The second-order valence-corrected chi connectivity index (χ2v) is 2.86. The van der Waals surface area contributed by atoms with Crippen LogP contribution >= 0.6 is 0 Å². The van der Waals surface area contributed by atoms with Crippen LogP contribution in [0.3, 0.4) is 0 Å². The highest BCUT2D eigenvalue weighted by molar-refractivity contribution is 5.25. The summed E-state index contributed by atoms with van der Waals surface area (Å²) in [6.45, 7) is 0. The van der Waals surface area contributed by atoms with Crippen molar-refractivity contribution in [2.75, 3.05) is 0 Å². The molecular weight excluding hydrogens is 146 g/mol. The maximum absolute atomic E-state index is 12.8. The maximum Gasteiger partial charge on any atom is 0.134 e. The zero-order valence-corrected chi connectivity index (χ0v) is 5.90. The summed E-state index contributed by atoms with van der Waals surface area (Å²) in [5.74, 6) is -0.538. The Kier molecular flexibility index (Phi) is 1.41. The van der Waals surface area contributed by atoms with Crippen LogP contribution in [0.25, 0.3) is 0 Å². The molecule has 1 aromatic rings. The number of halogens is 2. The SMILES string of the molecule is Fc1c[c]c(F)c(C2CC2)c1. The van der Waals surface area contributed by atoms with Gasteiger partial charge in [0.1, 0.15) is 11.6 Å². The second-order valence-electron chi connectivity index (χ2n) is 2.86. The summed E-state index contributed by atoms with van der Waals surface area (Å²) in [5.41, 5.74) is 0.491. The first-order valence-corrected chi connectivity index (χ1v) is 3.64. The van der Waals surface area contributed by atoms with Crippen molar-refractivity contribution in [3.63, 3.8) is 0 Å². The molecule has 2 heteroatoms. The zero-order chi connectivity index (χ0) is 7.84. The van der Waals surface area contributed by atoms with E-state index in [9.17, 15) is 8.78 Å². The largest absolute Gasteiger partial charge is 0.207 e. The third kappa shape index (κ3) is 1.25. The molecule has 1 aliphatic carbocycles. The lowest BCUT2D eigenvalue weighted by atomic mass is 10.1. The van der Waals surface area contributed by atoms with Gasteiger partial charge in [-0.3, -0.25) is 0 Å². The predicted molar refractivity (Wildman–Crippen MR) is 37.2 cm³/mol. The molecule has 1 aliphatic rings. The summed E-state index contributed by atoms with van der Waals surface area (Å²) in [6, 6.07) is 4.54. The summed E-state index contributed by atoms with van der Waals surface area (Å²) < 4.78 is 25.4. The summed E-state index contributed by atoms with van der Waals surface area (Å²) >= 11 is 0. The van der Waals surface area contributed by atoms with Gasteiger partial charge in [-0.25, -0.2) is 8.78 Å². The summed E-state index contributed by atoms with van der Waals surface area (Å²) in [4.78, 5) is 0. The highest BCUT2D eigenvalue weighted by Gasteiger charge is 2.26. The Balaban J connectivity index is 2.42. The lowest BCUT2D eigenvalue weighted by Crippen LogP contribution is -1.88. The van der Waals surface area contributed by atoms with E-state index in [2.05, 4.69) is 6.07 Å². The fourth-order valence-electron chi connectivity index (χ4n) is 1.16. The van der Waals surface area contributed by atoms with Crippen LogP contribution in [0, 0.1) is 17.7 Å². The van der Waals surface area contributed by atoms with Crippen molar-refractivity contribution < 1.29 is 8.78 Å². The molecule has 0 bridgehead atoms. The molecular formula is C9H7F2. The highest BCUT2D eigenvalue weighted by atomic mass is 19.1. The number of hydrogen-bond acceptors (Lipinski definition) is 0. The molecule has 1 fully saturated rings. The molecule has 0 N–H and O–H groups in total. The number of hydrogen-bond donors (Lipinski definition) is 0. The van der Waals surface area contributed by atoms with Crippen molar-refractivity contribution >= 4 is 0 Å². The summed E-state index contributed by atoms with van der Waals surface area (Å²) in [6.07, 6.45) is 1.96. The number of benzene rings is 1. The van der Waals surface area contributed by atoms with Gasteiger partial charge < -0.3 is 0 Å². The lowest BCUT2D eigenvalue weighted by molar-refractivity contribution is 0.584. The fourth-order valence-corrected chi connectivity index (χ4v) is 1.16. The minimum absolute atomic E-state index is 0.252. The molecule has 11 heavy (non-hydrogen) atoms. The molecule has 1 radical (unpaired) electrons. The predicted octanol–water partition coefficient (Wildman–Crippen LogP) is 2.64. The van der Waals surface area contributed by atoms with Gasteiger partial charge in [-0.05, 0) is 36.5 Å². The van der Waals surface area contributed by atoms with Crippen LogP contribution in [0.1, 0.15) is 24.3 Å². The standard InChI is InChI=1S/C9H7F2/c10-7-3-4-9(11)8(5-7)6-1-2-6/h3,5-6H,1-2H2. The third-order valence-electron chi connectivity index (χ3n) is 1.90. The Labute approximate surface area is 63.9 Å². The molecule has 0 spiro atoms. The molecule has 0 amide bonds. The van der Waals surface area contributed by atoms with E-state index in [1.165, 1.54) is 6.07 Å². The van der Waals surface area contributed by atoms with E-state index in [4.69, 9.17) is 0 Å². The van der Waals surface area contributed by atoms with Crippen molar-refractivity contribution in [2.45, 2.75) is 18.8 Å². The first-order valence-electron chi connectivity index (χ1n) is 3.64. The van der Waals surface area contributed by atoms with E-state index in [1.807, 2.05) is 0 Å². The monoisotopic (exact) mass is 153 g/mol.